The van der Waals surface area contributed by atoms with Crippen molar-refractivity contribution in [3.8, 4) is 5.69 Å². The maximum Gasteiger partial charge on any atom is 0.350 e. The average molecular weight is 510 g/mol. The van der Waals surface area contributed by atoms with Crippen molar-refractivity contribution in [3.63, 3.8) is 0 Å². The molecular formula is C31H35N5O2. The van der Waals surface area contributed by atoms with Crippen LogP contribution in [0.15, 0.2) is 96.1 Å². The SMILES string of the molecule is CC(C)n1ncn(-c2ccc(N3CCC(C(C(=O)NCc4ccccc4)c4ccccc4)CC3)cc2)c1=O. The molecule has 1 atom stereocenters. The number of piperidine rings is 1. The fraction of sp³-hybridized carbons (Fsp3) is 0.323. The summed E-state index contributed by atoms with van der Waals surface area (Å²) in [5.41, 5.74) is 3.98. The molecule has 7 nitrogen and oxygen atoms in total. The number of benzene rings is 3. The summed E-state index contributed by atoms with van der Waals surface area (Å²) in [4.78, 5) is 28.4. The first-order valence-corrected chi connectivity index (χ1v) is 13.4. The molecule has 4 aromatic rings. The molecule has 5 rings (SSSR count). The zero-order valence-electron chi connectivity index (χ0n) is 22.0. The molecule has 1 saturated heterocycles. The molecular weight excluding hydrogens is 474 g/mol. The number of amides is 1. The Morgan fingerprint density at radius 1 is 0.895 bits per heavy atom. The Hall–Kier alpha value is -4.13. The third kappa shape index (κ3) is 5.57. The van der Waals surface area contributed by atoms with E-state index in [0.29, 0.717) is 6.54 Å². The number of nitrogens with zero attached hydrogens (tertiary/aromatic N) is 4. The maximum atomic E-state index is 13.5. The van der Waals surface area contributed by atoms with Gasteiger partial charge < -0.3 is 10.2 Å². The zero-order valence-corrected chi connectivity index (χ0v) is 22.0. The van der Waals surface area contributed by atoms with Gasteiger partial charge in [-0.15, -0.1) is 0 Å². The lowest BCUT2D eigenvalue weighted by atomic mass is 9.79. The van der Waals surface area contributed by atoms with Gasteiger partial charge in [0, 0.05) is 25.3 Å². The van der Waals surface area contributed by atoms with Crippen molar-refractivity contribution in [2.24, 2.45) is 5.92 Å². The summed E-state index contributed by atoms with van der Waals surface area (Å²) in [5.74, 6) is 0.188. The summed E-state index contributed by atoms with van der Waals surface area (Å²) in [6.07, 6.45) is 3.44. The van der Waals surface area contributed by atoms with Crippen molar-refractivity contribution in [2.45, 2.75) is 45.2 Å². The minimum Gasteiger partial charge on any atom is -0.372 e. The predicted octanol–water partition coefficient (Wildman–Crippen LogP) is 4.93. The fourth-order valence-corrected chi connectivity index (χ4v) is 5.36. The van der Waals surface area contributed by atoms with Crippen molar-refractivity contribution >= 4 is 11.6 Å². The van der Waals surface area contributed by atoms with Gasteiger partial charge in [-0.3, -0.25) is 4.79 Å². The molecule has 0 aliphatic carbocycles. The first kappa shape index (κ1) is 25.5. The van der Waals surface area contributed by atoms with Gasteiger partial charge in [0.2, 0.25) is 5.91 Å². The topological polar surface area (TPSA) is 72.2 Å². The van der Waals surface area contributed by atoms with Crippen LogP contribution in [0.5, 0.6) is 0 Å². The summed E-state index contributed by atoms with van der Waals surface area (Å²) >= 11 is 0. The van der Waals surface area contributed by atoms with Crippen LogP contribution < -0.4 is 15.9 Å². The van der Waals surface area contributed by atoms with E-state index in [0.717, 1.165) is 48.4 Å². The lowest BCUT2D eigenvalue weighted by molar-refractivity contribution is -0.124. The molecule has 7 heteroatoms. The number of rotatable bonds is 8. The van der Waals surface area contributed by atoms with Gasteiger partial charge in [0.25, 0.3) is 0 Å². The van der Waals surface area contributed by atoms with E-state index in [-0.39, 0.29) is 29.5 Å². The molecule has 3 aromatic carbocycles. The average Bonchev–Trinajstić information content (AvgIpc) is 3.35. The van der Waals surface area contributed by atoms with Crippen LogP contribution in [0.1, 0.15) is 49.8 Å². The highest BCUT2D eigenvalue weighted by Gasteiger charge is 2.32. The highest BCUT2D eigenvalue weighted by atomic mass is 16.2. The normalized spacial score (nSPS) is 15.0. The maximum absolute atomic E-state index is 13.5. The van der Waals surface area contributed by atoms with Gasteiger partial charge in [-0.1, -0.05) is 60.7 Å². The Kier molecular flexibility index (Phi) is 7.73. The molecule has 196 valence electrons. The molecule has 1 N–H and O–H groups in total. The Morgan fingerprint density at radius 2 is 1.50 bits per heavy atom. The van der Waals surface area contributed by atoms with Gasteiger partial charge in [-0.25, -0.2) is 14.0 Å². The van der Waals surface area contributed by atoms with Gasteiger partial charge >= 0.3 is 5.69 Å². The second-order valence-corrected chi connectivity index (χ2v) is 10.3. The van der Waals surface area contributed by atoms with E-state index < -0.39 is 0 Å². The van der Waals surface area contributed by atoms with E-state index in [2.05, 4.69) is 39.6 Å². The van der Waals surface area contributed by atoms with Crippen molar-refractivity contribution in [1.29, 1.82) is 0 Å². The number of carbonyl (C=O) groups excluding carboxylic acids is 1. The highest BCUT2D eigenvalue weighted by molar-refractivity contribution is 5.84. The lowest BCUT2D eigenvalue weighted by Gasteiger charge is -2.37. The van der Waals surface area contributed by atoms with E-state index in [9.17, 15) is 9.59 Å². The first-order valence-electron chi connectivity index (χ1n) is 13.4. The highest BCUT2D eigenvalue weighted by Crippen LogP contribution is 2.34. The van der Waals surface area contributed by atoms with Crippen LogP contribution in [0.4, 0.5) is 5.69 Å². The van der Waals surface area contributed by atoms with Crippen LogP contribution in [0.25, 0.3) is 5.69 Å². The molecule has 1 unspecified atom stereocenters. The fourth-order valence-electron chi connectivity index (χ4n) is 5.36. The Bertz CT molecular complexity index is 1390. The van der Waals surface area contributed by atoms with E-state index in [1.54, 1.807) is 10.9 Å². The summed E-state index contributed by atoms with van der Waals surface area (Å²) < 4.78 is 3.06. The summed E-state index contributed by atoms with van der Waals surface area (Å²) in [7, 11) is 0. The molecule has 38 heavy (non-hydrogen) atoms. The van der Waals surface area contributed by atoms with Crippen molar-refractivity contribution < 1.29 is 4.79 Å². The van der Waals surface area contributed by atoms with Gasteiger partial charge in [0.15, 0.2) is 0 Å². The molecule has 0 radical (unpaired) electrons. The van der Waals surface area contributed by atoms with Gasteiger partial charge in [-0.05, 0) is 68.0 Å². The zero-order chi connectivity index (χ0) is 26.5. The summed E-state index contributed by atoms with van der Waals surface area (Å²) in [6.45, 7) is 6.18. The largest absolute Gasteiger partial charge is 0.372 e. The lowest BCUT2D eigenvalue weighted by Crippen LogP contribution is -2.40. The summed E-state index contributed by atoms with van der Waals surface area (Å²) in [5, 5.41) is 7.41. The molecule has 1 aliphatic rings. The number of aromatic nitrogens is 3. The molecule has 0 bridgehead atoms. The van der Waals surface area contributed by atoms with E-state index in [1.807, 2.05) is 74.5 Å². The van der Waals surface area contributed by atoms with Crippen LogP contribution in [0, 0.1) is 5.92 Å². The quantitative estimate of drug-likeness (QED) is 0.366. The number of anilines is 1. The summed E-state index contributed by atoms with van der Waals surface area (Å²) in [6, 6.07) is 28.3. The van der Waals surface area contributed by atoms with Crippen molar-refractivity contribution in [2.75, 3.05) is 18.0 Å². The van der Waals surface area contributed by atoms with Crippen LogP contribution in [-0.2, 0) is 11.3 Å². The third-order valence-electron chi connectivity index (χ3n) is 7.44. The molecule has 2 heterocycles. The van der Waals surface area contributed by atoms with E-state index >= 15 is 0 Å². The van der Waals surface area contributed by atoms with E-state index in [1.165, 1.54) is 4.68 Å². The number of nitrogens with one attached hydrogen (secondary N) is 1. The standard InChI is InChI=1S/C31H35N5O2/c1-23(2)36-31(38)35(22-33-36)28-15-13-27(14-16-28)34-19-17-26(18-20-34)29(25-11-7-4-8-12-25)30(37)32-21-24-9-5-3-6-10-24/h3-16,22-23,26,29H,17-21H2,1-2H3,(H,32,37). The molecule has 1 aliphatic heterocycles. The van der Waals surface area contributed by atoms with E-state index in [4.69, 9.17) is 0 Å². The van der Waals surface area contributed by atoms with Crippen LogP contribution in [0.2, 0.25) is 0 Å². The smallest absolute Gasteiger partial charge is 0.350 e. The first-order chi connectivity index (χ1) is 18.5. The molecule has 0 spiro atoms. The van der Waals surface area contributed by atoms with Crippen LogP contribution >= 0.6 is 0 Å². The number of hydrogen-bond acceptors (Lipinski definition) is 4. The molecule has 1 fully saturated rings. The Balaban J connectivity index is 1.26. The second kappa shape index (κ2) is 11.5. The van der Waals surface area contributed by atoms with Gasteiger partial charge in [0.1, 0.15) is 6.33 Å². The van der Waals surface area contributed by atoms with Crippen LogP contribution in [0.3, 0.4) is 0 Å². The monoisotopic (exact) mass is 509 g/mol. The van der Waals surface area contributed by atoms with Gasteiger partial charge in [0.05, 0.1) is 17.6 Å². The van der Waals surface area contributed by atoms with Crippen LogP contribution in [-0.4, -0.2) is 33.3 Å². The van der Waals surface area contributed by atoms with Gasteiger partial charge in [-0.2, -0.15) is 5.10 Å². The second-order valence-electron chi connectivity index (χ2n) is 10.3. The minimum atomic E-state index is -0.172. The Labute approximate surface area is 223 Å². The Morgan fingerprint density at radius 3 is 2.11 bits per heavy atom. The molecule has 1 aromatic heterocycles. The minimum absolute atomic E-state index is 0.0180. The predicted molar refractivity (Wildman–Crippen MR) is 151 cm³/mol. The van der Waals surface area contributed by atoms with Crippen molar-refractivity contribution in [1.82, 2.24) is 19.7 Å². The molecule has 1 amide bonds. The number of carbonyl (C=O) groups is 1. The van der Waals surface area contributed by atoms with Crippen molar-refractivity contribution in [3.05, 3.63) is 113 Å². The molecule has 0 saturated carbocycles. The third-order valence-corrected chi connectivity index (χ3v) is 7.44. The number of hydrogen-bond donors (Lipinski definition) is 1.